The van der Waals surface area contributed by atoms with Crippen molar-refractivity contribution in [3.63, 3.8) is 0 Å². The van der Waals surface area contributed by atoms with E-state index >= 15 is 0 Å². The number of nitrogens with one attached hydrogen (secondary N) is 2. The van der Waals surface area contributed by atoms with Gasteiger partial charge in [0.2, 0.25) is 0 Å². The summed E-state index contributed by atoms with van der Waals surface area (Å²) in [7, 11) is 0. The lowest BCUT2D eigenvalue weighted by molar-refractivity contribution is 0.0849. The summed E-state index contributed by atoms with van der Waals surface area (Å²) in [5.74, 6) is 0.305. The molecule has 0 fully saturated rings. The van der Waals surface area contributed by atoms with E-state index in [1.807, 2.05) is 31.4 Å². The van der Waals surface area contributed by atoms with Gasteiger partial charge in [-0.25, -0.2) is 0 Å². The number of carbonyl (C=O) groups excluding carboxylic acids is 2. The molecule has 1 aromatic carbocycles. The Balaban J connectivity index is 1.93. The summed E-state index contributed by atoms with van der Waals surface area (Å²) in [6.45, 7) is 4.05. The Morgan fingerprint density at radius 2 is 1.78 bits per heavy atom. The van der Waals surface area contributed by atoms with Crippen molar-refractivity contribution in [1.82, 2.24) is 10.9 Å². The van der Waals surface area contributed by atoms with Gasteiger partial charge in [0.15, 0.2) is 0 Å². The van der Waals surface area contributed by atoms with E-state index in [2.05, 4.69) is 17.8 Å². The van der Waals surface area contributed by atoms with E-state index in [1.54, 1.807) is 23.9 Å². The second-order valence-electron chi connectivity index (χ2n) is 5.11. The van der Waals surface area contributed by atoms with Crippen molar-refractivity contribution in [2.45, 2.75) is 26.0 Å². The SMILES string of the molecule is CCc1sc(C(=O)NNC(=O)c2ccc(CSC)cc2)cc1C. The quantitative estimate of drug-likeness (QED) is 0.812. The molecule has 0 saturated carbocycles. The number of thiophene rings is 1. The fourth-order valence-electron chi connectivity index (χ4n) is 2.15. The summed E-state index contributed by atoms with van der Waals surface area (Å²) in [4.78, 5) is 25.9. The van der Waals surface area contributed by atoms with Gasteiger partial charge in [0.25, 0.3) is 11.8 Å². The highest BCUT2D eigenvalue weighted by Gasteiger charge is 2.13. The van der Waals surface area contributed by atoms with Crippen molar-refractivity contribution in [3.05, 3.63) is 56.8 Å². The van der Waals surface area contributed by atoms with Crippen LogP contribution >= 0.6 is 23.1 Å². The normalized spacial score (nSPS) is 10.4. The second-order valence-corrected chi connectivity index (χ2v) is 7.11. The average molecular weight is 348 g/mol. The van der Waals surface area contributed by atoms with E-state index in [-0.39, 0.29) is 11.8 Å². The molecule has 2 amide bonds. The molecular weight excluding hydrogens is 328 g/mol. The molecule has 0 bridgehead atoms. The molecule has 0 aliphatic carbocycles. The topological polar surface area (TPSA) is 58.2 Å². The molecule has 0 aliphatic heterocycles. The Morgan fingerprint density at radius 1 is 1.13 bits per heavy atom. The third-order valence-corrected chi connectivity index (χ3v) is 5.38. The molecule has 23 heavy (non-hydrogen) atoms. The van der Waals surface area contributed by atoms with Crippen LogP contribution in [-0.4, -0.2) is 18.1 Å². The monoisotopic (exact) mass is 348 g/mol. The largest absolute Gasteiger partial charge is 0.279 e. The van der Waals surface area contributed by atoms with Crippen LogP contribution in [0.15, 0.2) is 30.3 Å². The van der Waals surface area contributed by atoms with E-state index in [1.165, 1.54) is 21.8 Å². The zero-order valence-electron chi connectivity index (χ0n) is 13.4. The molecule has 0 saturated heterocycles. The van der Waals surface area contributed by atoms with Crippen LogP contribution in [0.5, 0.6) is 0 Å². The summed E-state index contributed by atoms with van der Waals surface area (Å²) in [5, 5.41) is 0. The van der Waals surface area contributed by atoms with Gasteiger partial charge in [0, 0.05) is 16.2 Å². The number of hydrazine groups is 1. The lowest BCUT2D eigenvalue weighted by Gasteiger charge is -2.07. The maximum Gasteiger partial charge on any atom is 0.279 e. The minimum absolute atomic E-state index is 0.287. The van der Waals surface area contributed by atoms with Crippen LogP contribution < -0.4 is 10.9 Å². The molecule has 1 aromatic heterocycles. The Bertz CT molecular complexity index is 693. The minimum Gasteiger partial charge on any atom is -0.267 e. The number of benzene rings is 1. The summed E-state index contributed by atoms with van der Waals surface area (Å²) >= 11 is 3.19. The van der Waals surface area contributed by atoms with Crippen LogP contribution in [0.2, 0.25) is 0 Å². The van der Waals surface area contributed by atoms with Crippen molar-refractivity contribution in [2.24, 2.45) is 0 Å². The number of thioether (sulfide) groups is 1. The smallest absolute Gasteiger partial charge is 0.267 e. The van der Waals surface area contributed by atoms with Crippen molar-refractivity contribution in [2.75, 3.05) is 6.26 Å². The van der Waals surface area contributed by atoms with Gasteiger partial charge in [-0.1, -0.05) is 19.1 Å². The zero-order valence-corrected chi connectivity index (χ0v) is 15.1. The van der Waals surface area contributed by atoms with Gasteiger partial charge in [0.05, 0.1) is 4.88 Å². The van der Waals surface area contributed by atoms with Crippen molar-refractivity contribution in [1.29, 1.82) is 0 Å². The number of amides is 2. The zero-order chi connectivity index (χ0) is 16.8. The van der Waals surface area contributed by atoms with Crippen LogP contribution in [0.3, 0.4) is 0 Å². The van der Waals surface area contributed by atoms with Gasteiger partial charge < -0.3 is 0 Å². The van der Waals surface area contributed by atoms with Crippen LogP contribution in [0, 0.1) is 6.92 Å². The first kappa shape index (κ1) is 17.6. The van der Waals surface area contributed by atoms with Crippen molar-refractivity contribution in [3.8, 4) is 0 Å². The summed E-state index contributed by atoms with van der Waals surface area (Å²) in [6, 6.07) is 9.21. The number of hydrogen-bond donors (Lipinski definition) is 2. The molecule has 6 heteroatoms. The third-order valence-electron chi connectivity index (χ3n) is 3.38. The minimum atomic E-state index is -0.321. The number of carbonyl (C=O) groups is 2. The summed E-state index contributed by atoms with van der Waals surface area (Å²) in [6.07, 6.45) is 2.94. The highest BCUT2D eigenvalue weighted by Crippen LogP contribution is 2.22. The predicted octanol–water partition coefficient (Wildman–Crippen LogP) is 3.56. The molecule has 0 radical (unpaired) electrons. The maximum absolute atomic E-state index is 12.1. The fourth-order valence-corrected chi connectivity index (χ4v) is 3.68. The molecule has 122 valence electrons. The third kappa shape index (κ3) is 4.59. The van der Waals surface area contributed by atoms with Crippen molar-refractivity contribution < 1.29 is 9.59 Å². The van der Waals surface area contributed by atoms with Gasteiger partial charge in [-0.05, 0) is 48.9 Å². The van der Waals surface area contributed by atoms with E-state index < -0.39 is 0 Å². The highest BCUT2D eigenvalue weighted by atomic mass is 32.2. The summed E-state index contributed by atoms with van der Waals surface area (Å²) in [5.41, 5.74) is 7.72. The Kier molecular flexibility index (Phi) is 6.24. The van der Waals surface area contributed by atoms with Gasteiger partial charge in [-0.2, -0.15) is 11.8 Å². The summed E-state index contributed by atoms with van der Waals surface area (Å²) < 4.78 is 0. The van der Waals surface area contributed by atoms with Crippen molar-refractivity contribution >= 4 is 34.9 Å². The first-order chi connectivity index (χ1) is 11.0. The lowest BCUT2D eigenvalue weighted by Crippen LogP contribution is -2.41. The Hall–Kier alpha value is -1.79. The van der Waals surface area contributed by atoms with Gasteiger partial charge >= 0.3 is 0 Å². The van der Waals surface area contributed by atoms with E-state index in [0.29, 0.717) is 10.4 Å². The molecule has 2 aromatic rings. The Morgan fingerprint density at radius 3 is 2.35 bits per heavy atom. The van der Waals surface area contributed by atoms with Crippen LogP contribution in [-0.2, 0) is 12.2 Å². The van der Waals surface area contributed by atoms with Gasteiger partial charge in [-0.3, -0.25) is 20.4 Å². The Labute approximate surface area is 144 Å². The standard InChI is InChI=1S/C17H20N2O2S2/c1-4-14-11(2)9-15(23-14)17(21)19-18-16(20)13-7-5-12(6-8-13)10-22-3/h5-9H,4,10H2,1-3H3,(H,18,20)(H,19,21). The van der Waals surface area contributed by atoms with E-state index in [9.17, 15) is 9.59 Å². The average Bonchev–Trinajstić information content (AvgIpc) is 2.94. The van der Waals surface area contributed by atoms with E-state index in [4.69, 9.17) is 0 Å². The van der Waals surface area contributed by atoms with Crippen LogP contribution in [0.4, 0.5) is 0 Å². The first-order valence-corrected chi connectivity index (χ1v) is 9.54. The maximum atomic E-state index is 12.1. The number of aryl methyl sites for hydroxylation is 2. The highest BCUT2D eigenvalue weighted by molar-refractivity contribution is 7.97. The molecule has 4 nitrogen and oxygen atoms in total. The first-order valence-electron chi connectivity index (χ1n) is 7.33. The number of hydrogen-bond acceptors (Lipinski definition) is 4. The lowest BCUT2D eigenvalue weighted by atomic mass is 10.1. The second kappa shape index (κ2) is 8.17. The molecule has 0 atom stereocenters. The van der Waals surface area contributed by atoms with Crippen LogP contribution in [0.1, 0.15) is 43.0 Å². The van der Waals surface area contributed by atoms with Gasteiger partial charge in [-0.15, -0.1) is 11.3 Å². The molecule has 0 unspecified atom stereocenters. The predicted molar refractivity (Wildman–Crippen MR) is 97.0 cm³/mol. The van der Waals surface area contributed by atoms with E-state index in [0.717, 1.165) is 17.7 Å². The molecule has 0 aliphatic rings. The molecule has 1 heterocycles. The molecule has 2 rings (SSSR count). The molecule has 2 N–H and O–H groups in total. The molecular formula is C17H20N2O2S2. The van der Waals surface area contributed by atoms with Gasteiger partial charge in [0.1, 0.15) is 0 Å². The fraction of sp³-hybridized carbons (Fsp3) is 0.294. The molecule has 0 spiro atoms. The number of rotatable bonds is 5. The van der Waals surface area contributed by atoms with Crippen LogP contribution in [0.25, 0.3) is 0 Å².